The second-order valence-electron chi connectivity index (χ2n) is 10.5. The molecule has 5 aromatic rings. The molecule has 1 aliphatic rings. The fraction of sp³-hybridized carbons (Fsp3) is 0.250. The van der Waals surface area contributed by atoms with E-state index in [1.165, 1.54) is 16.8 Å². The van der Waals surface area contributed by atoms with Gasteiger partial charge in [-0.15, -0.1) is 0 Å². The van der Waals surface area contributed by atoms with Crippen LogP contribution in [0.15, 0.2) is 69.9 Å². The molecule has 0 spiro atoms. The van der Waals surface area contributed by atoms with Crippen LogP contribution in [0.4, 0.5) is 10.1 Å². The van der Waals surface area contributed by atoms with E-state index in [0.29, 0.717) is 51.7 Å². The Bertz CT molecular complexity index is 1910. The third-order valence-corrected chi connectivity index (χ3v) is 8.00. The second-order valence-corrected chi connectivity index (χ2v) is 10.5. The largest absolute Gasteiger partial charge is 0.455 e. The summed E-state index contributed by atoms with van der Waals surface area (Å²) in [6.07, 6.45) is 1.61. The number of carbonyl (C=O) groups is 2. The third-order valence-electron chi connectivity index (χ3n) is 8.00. The summed E-state index contributed by atoms with van der Waals surface area (Å²) >= 11 is 0. The standard InChI is InChI=1S/C32H30FN5O4/c1-34-25-16-26-24(27(30(39)35-2)29(42-26)18-10-12-20(33)13-11-18)15-23(25)19-7-6-14-38(17-19)32(41)28-21-8-4-5-9-22(21)31(40)37(3)36-28/h4-5,8-13,15-16,19,34H,6-7,14,17H2,1-3H3,(H,35,39)/t19-/m0/s1. The van der Waals surface area contributed by atoms with E-state index in [9.17, 15) is 18.8 Å². The number of nitrogens with zero attached hydrogens (tertiary/aromatic N) is 3. The predicted molar refractivity (Wildman–Crippen MR) is 159 cm³/mol. The summed E-state index contributed by atoms with van der Waals surface area (Å²) in [5.74, 6) is -0.601. The maximum Gasteiger partial charge on any atom is 0.274 e. The van der Waals surface area contributed by atoms with Gasteiger partial charge >= 0.3 is 0 Å². The normalized spacial score (nSPS) is 15.2. The van der Waals surface area contributed by atoms with Gasteiger partial charge in [0.15, 0.2) is 5.69 Å². The number of furan rings is 1. The Morgan fingerprint density at radius 1 is 1.02 bits per heavy atom. The van der Waals surface area contributed by atoms with Crippen LogP contribution in [0.1, 0.15) is 45.2 Å². The number of anilines is 1. The van der Waals surface area contributed by atoms with Gasteiger partial charge in [0, 0.05) is 68.2 Å². The molecule has 6 rings (SSSR count). The summed E-state index contributed by atoms with van der Waals surface area (Å²) in [7, 11) is 4.93. The van der Waals surface area contributed by atoms with Crippen LogP contribution in [-0.4, -0.2) is 53.7 Å². The number of rotatable bonds is 5. The lowest BCUT2D eigenvalue weighted by Crippen LogP contribution is -2.40. The van der Waals surface area contributed by atoms with Crippen LogP contribution >= 0.6 is 0 Å². The van der Waals surface area contributed by atoms with Crippen molar-refractivity contribution >= 4 is 39.2 Å². The van der Waals surface area contributed by atoms with E-state index >= 15 is 0 Å². The van der Waals surface area contributed by atoms with Crippen molar-refractivity contribution in [1.82, 2.24) is 20.0 Å². The van der Waals surface area contributed by atoms with Gasteiger partial charge in [-0.05, 0) is 54.8 Å². The van der Waals surface area contributed by atoms with E-state index in [2.05, 4.69) is 15.7 Å². The van der Waals surface area contributed by atoms with Crippen LogP contribution < -0.4 is 16.2 Å². The Labute approximate surface area is 240 Å². The Morgan fingerprint density at radius 3 is 2.48 bits per heavy atom. The molecule has 3 aromatic carbocycles. The molecular weight excluding hydrogens is 537 g/mol. The van der Waals surface area contributed by atoms with Gasteiger partial charge in [0.05, 0.1) is 10.9 Å². The number of aromatic nitrogens is 2. The minimum Gasteiger partial charge on any atom is -0.455 e. The first-order chi connectivity index (χ1) is 20.3. The van der Waals surface area contributed by atoms with Crippen LogP contribution in [0, 0.1) is 5.82 Å². The number of halogens is 1. The van der Waals surface area contributed by atoms with Gasteiger partial charge in [0.2, 0.25) is 0 Å². The maximum atomic E-state index is 13.8. The van der Waals surface area contributed by atoms with Crippen LogP contribution in [0.3, 0.4) is 0 Å². The Hall–Kier alpha value is -4.99. The zero-order valence-corrected chi connectivity index (χ0v) is 23.5. The lowest BCUT2D eigenvalue weighted by Gasteiger charge is -2.34. The first-order valence-electron chi connectivity index (χ1n) is 13.8. The minimum absolute atomic E-state index is 0.0324. The predicted octanol–water partition coefficient (Wildman–Crippen LogP) is 4.91. The average molecular weight is 568 g/mol. The van der Waals surface area contributed by atoms with Crippen molar-refractivity contribution in [2.45, 2.75) is 18.8 Å². The highest BCUT2D eigenvalue weighted by Gasteiger charge is 2.31. The van der Waals surface area contributed by atoms with E-state index in [1.807, 2.05) is 19.2 Å². The van der Waals surface area contributed by atoms with Gasteiger partial charge in [-0.3, -0.25) is 14.4 Å². The monoisotopic (exact) mass is 567 g/mol. The van der Waals surface area contributed by atoms with Crippen molar-refractivity contribution in [2.75, 3.05) is 32.5 Å². The fourth-order valence-corrected chi connectivity index (χ4v) is 5.89. The molecule has 0 radical (unpaired) electrons. The highest BCUT2D eigenvalue weighted by molar-refractivity contribution is 6.12. The summed E-state index contributed by atoms with van der Waals surface area (Å²) < 4.78 is 21.0. The van der Waals surface area contributed by atoms with E-state index in [4.69, 9.17) is 4.42 Å². The minimum atomic E-state index is -0.381. The molecule has 214 valence electrons. The molecule has 42 heavy (non-hydrogen) atoms. The van der Waals surface area contributed by atoms with E-state index in [-0.39, 0.29) is 34.8 Å². The summed E-state index contributed by atoms with van der Waals surface area (Å²) in [5, 5.41) is 11.9. The number of piperidine rings is 1. The number of hydrogen-bond donors (Lipinski definition) is 2. The molecule has 10 heteroatoms. The molecule has 1 aliphatic heterocycles. The Balaban J connectivity index is 1.41. The molecule has 1 atom stereocenters. The SMILES string of the molecule is CNC(=O)c1c(-c2ccc(F)cc2)oc2cc(NC)c([C@H]3CCCN(C(=O)c4nn(C)c(=O)c5ccccc45)C3)cc12. The van der Waals surface area contributed by atoms with Gasteiger partial charge in [0.1, 0.15) is 17.2 Å². The van der Waals surface area contributed by atoms with Gasteiger partial charge in [0.25, 0.3) is 17.4 Å². The summed E-state index contributed by atoms with van der Waals surface area (Å²) in [4.78, 5) is 41.3. The lowest BCUT2D eigenvalue weighted by atomic mass is 9.88. The number of hydrogen-bond acceptors (Lipinski definition) is 6. The molecule has 1 fully saturated rings. The molecule has 0 bridgehead atoms. The highest BCUT2D eigenvalue weighted by atomic mass is 19.1. The molecular formula is C32H30FN5O4. The van der Waals surface area contributed by atoms with Crippen LogP contribution in [0.5, 0.6) is 0 Å². The van der Waals surface area contributed by atoms with Gasteiger partial charge in [-0.25, -0.2) is 9.07 Å². The van der Waals surface area contributed by atoms with Gasteiger partial charge < -0.3 is 20.0 Å². The summed E-state index contributed by atoms with van der Waals surface area (Å²) in [6, 6.07) is 16.7. The number of amides is 2. The number of benzene rings is 3. The second kappa shape index (κ2) is 10.8. The zero-order valence-electron chi connectivity index (χ0n) is 23.5. The Morgan fingerprint density at radius 2 is 1.76 bits per heavy atom. The lowest BCUT2D eigenvalue weighted by molar-refractivity contribution is 0.0701. The van der Waals surface area contributed by atoms with Gasteiger partial charge in [-0.2, -0.15) is 5.10 Å². The topological polar surface area (TPSA) is 109 Å². The molecule has 1 saturated heterocycles. The molecule has 9 nitrogen and oxygen atoms in total. The van der Waals surface area contributed by atoms with Crippen molar-refractivity contribution in [2.24, 2.45) is 7.05 Å². The zero-order chi connectivity index (χ0) is 29.5. The van der Waals surface area contributed by atoms with E-state index < -0.39 is 0 Å². The summed E-state index contributed by atoms with van der Waals surface area (Å²) in [5.41, 5.74) is 3.26. The van der Waals surface area contributed by atoms with Crippen molar-refractivity contribution in [3.05, 3.63) is 93.7 Å². The highest BCUT2D eigenvalue weighted by Crippen LogP contribution is 2.40. The number of nitrogens with one attached hydrogen (secondary N) is 2. The number of fused-ring (bicyclic) bond motifs is 2. The van der Waals surface area contributed by atoms with E-state index in [1.54, 1.807) is 55.4 Å². The summed E-state index contributed by atoms with van der Waals surface area (Å²) in [6.45, 7) is 1.01. The first-order valence-corrected chi connectivity index (χ1v) is 13.8. The van der Waals surface area contributed by atoms with E-state index in [0.717, 1.165) is 24.1 Å². The molecule has 2 N–H and O–H groups in total. The average Bonchev–Trinajstić information content (AvgIpc) is 3.40. The maximum absolute atomic E-state index is 13.8. The molecule has 0 saturated carbocycles. The van der Waals surface area contributed by atoms with Crippen molar-refractivity contribution in [3.8, 4) is 11.3 Å². The molecule has 3 heterocycles. The van der Waals surface area contributed by atoms with Crippen molar-refractivity contribution in [1.29, 1.82) is 0 Å². The smallest absolute Gasteiger partial charge is 0.274 e. The number of carbonyl (C=O) groups excluding carboxylic acids is 2. The van der Waals surface area contributed by atoms with Crippen molar-refractivity contribution in [3.63, 3.8) is 0 Å². The van der Waals surface area contributed by atoms with Crippen LogP contribution in [0.2, 0.25) is 0 Å². The van der Waals surface area contributed by atoms with Gasteiger partial charge in [-0.1, -0.05) is 18.2 Å². The fourth-order valence-electron chi connectivity index (χ4n) is 5.89. The molecule has 0 unspecified atom stereocenters. The van der Waals surface area contributed by atoms with Crippen LogP contribution in [0.25, 0.3) is 33.1 Å². The molecule has 2 amide bonds. The third kappa shape index (κ3) is 4.58. The van der Waals surface area contributed by atoms with Crippen LogP contribution in [-0.2, 0) is 7.05 Å². The number of aryl methyl sites for hydroxylation is 1. The number of likely N-dealkylation sites (tertiary alicyclic amines) is 1. The molecule has 0 aliphatic carbocycles. The first kappa shape index (κ1) is 27.2. The van der Waals surface area contributed by atoms with Crippen molar-refractivity contribution < 1.29 is 18.4 Å². The quantitative estimate of drug-likeness (QED) is 0.313. The molecule has 2 aromatic heterocycles. The Kier molecular flexibility index (Phi) is 6.97.